The SMILES string of the molecule is CNC(c1cc(OC(F)(F)F)ccc1OC(F)(F)F)C(C)C. The smallest absolute Gasteiger partial charge is 0.406 e. The second-order valence-corrected chi connectivity index (χ2v) is 4.81. The number of hydrogen-bond acceptors (Lipinski definition) is 3. The molecule has 0 aliphatic heterocycles. The average Bonchev–Trinajstić information content (AvgIpc) is 2.29. The van der Waals surface area contributed by atoms with E-state index in [1.807, 2.05) is 0 Å². The molecule has 0 aliphatic rings. The number of ether oxygens (including phenoxy) is 2. The minimum Gasteiger partial charge on any atom is -0.406 e. The molecule has 0 heterocycles. The van der Waals surface area contributed by atoms with Crippen LogP contribution in [-0.4, -0.2) is 19.8 Å². The van der Waals surface area contributed by atoms with Crippen LogP contribution in [-0.2, 0) is 0 Å². The summed E-state index contributed by atoms with van der Waals surface area (Å²) in [5.74, 6) is -1.38. The highest BCUT2D eigenvalue weighted by molar-refractivity contribution is 5.42. The molecule has 126 valence electrons. The summed E-state index contributed by atoms with van der Waals surface area (Å²) in [6, 6.07) is 1.81. The van der Waals surface area contributed by atoms with E-state index in [1.165, 1.54) is 7.05 Å². The zero-order chi connectivity index (χ0) is 17.1. The number of nitrogens with one attached hydrogen (secondary N) is 1. The van der Waals surface area contributed by atoms with E-state index in [1.54, 1.807) is 13.8 Å². The quantitative estimate of drug-likeness (QED) is 0.811. The van der Waals surface area contributed by atoms with E-state index in [-0.39, 0.29) is 11.5 Å². The first-order chi connectivity index (χ1) is 9.93. The molecule has 3 nitrogen and oxygen atoms in total. The molecular weight excluding hydrogens is 316 g/mol. The van der Waals surface area contributed by atoms with E-state index in [2.05, 4.69) is 14.8 Å². The zero-order valence-corrected chi connectivity index (χ0v) is 12.0. The molecule has 0 bridgehead atoms. The van der Waals surface area contributed by atoms with Gasteiger partial charge in [-0.2, -0.15) is 0 Å². The van der Waals surface area contributed by atoms with Crippen molar-refractivity contribution in [2.75, 3.05) is 7.05 Å². The molecule has 9 heteroatoms. The minimum absolute atomic E-state index is 0.0726. The van der Waals surface area contributed by atoms with E-state index in [4.69, 9.17) is 0 Å². The maximum Gasteiger partial charge on any atom is 0.573 e. The Hall–Kier alpha value is -1.64. The fraction of sp³-hybridized carbons (Fsp3) is 0.538. The van der Waals surface area contributed by atoms with Gasteiger partial charge in [0.1, 0.15) is 11.5 Å². The van der Waals surface area contributed by atoms with Crippen molar-refractivity contribution in [3.05, 3.63) is 23.8 Å². The lowest BCUT2D eigenvalue weighted by Crippen LogP contribution is -2.25. The second-order valence-electron chi connectivity index (χ2n) is 4.81. The van der Waals surface area contributed by atoms with Crippen LogP contribution >= 0.6 is 0 Å². The second kappa shape index (κ2) is 6.64. The standard InChI is InChI=1S/C13H15F6NO2/c1-7(2)11(20-3)9-6-8(21-12(14,15)16)4-5-10(9)22-13(17,18)19/h4-7,11,20H,1-3H3. The number of benzene rings is 1. The molecule has 0 aromatic heterocycles. The Bertz CT molecular complexity index is 498. The first-order valence-electron chi connectivity index (χ1n) is 6.25. The summed E-state index contributed by atoms with van der Waals surface area (Å²) in [4.78, 5) is 0. The molecule has 1 unspecified atom stereocenters. The van der Waals surface area contributed by atoms with Crippen LogP contribution in [0.3, 0.4) is 0 Å². The summed E-state index contributed by atoms with van der Waals surface area (Å²) >= 11 is 0. The fourth-order valence-electron chi connectivity index (χ4n) is 2.03. The molecule has 22 heavy (non-hydrogen) atoms. The summed E-state index contributed by atoms with van der Waals surface area (Å²) in [6.07, 6.45) is -9.88. The van der Waals surface area contributed by atoms with E-state index in [0.717, 1.165) is 18.2 Å². The number of rotatable bonds is 5. The lowest BCUT2D eigenvalue weighted by molar-refractivity contribution is -0.277. The van der Waals surface area contributed by atoms with Crippen molar-refractivity contribution in [2.45, 2.75) is 32.6 Å². The minimum atomic E-state index is -4.95. The molecular formula is C13H15F6NO2. The highest BCUT2D eigenvalue weighted by Gasteiger charge is 2.35. The largest absolute Gasteiger partial charge is 0.573 e. The first kappa shape index (κ1) is 18.4. The van der Waals surface area contributed by atoms with Gasteiger partial charge in [-0.25, -0.2) is 0 Å². The molecule has 0 radical (unpaired) electrons. The van der Waals surface area contributed by atoms with E-state index in [9.17, 15) is 26.3 Å². The van der Waals surface area contributed by atoms with Crippen LogP contribution in [0.1, 0.15) is 25.5 Å². The molecule has 0 fully saturated rings. The zero-order valence-electron chi connectivity index (χ0n) is 12.0. The van der Waals surface area contributed by atoms with Crippen molar-refractivity contribution >= 4 is 0 Å². The van der Waals surface area contributed by atoms with Crippen molar-refractivity contribution in [1.82, 2.24) is 5.32 Å². The Balaban J connectivity index is 3.27. The van der Waals surface area contributed by atoms with Crippen LogP contribution < -0.4 is 14.8 Å². The van der Waals surface area contributed by atoms with Crippen LogP contribution in [0.25, 0.3) is 0 Å². The van der Waals surface area contributed by atoms with Gasteiger partial charge in [0, 0.05) is 11.6 Å². The van der Waals surface area contributed by atoms with Crippen LogP contribution in [0.4, 0.5) is 26.3 Å². The van der Waals surface area contributed by atoms with Gasteiger partial charge in [0.25, 0.3) is 0 Å². The van der Waals surface area contributed by atoms with Gasteiger partial charge in [0.2, 0.25) is 0 Å². The molecule has 0 amide bonds. The molecule has 0 spiro atoms. The third-order valence-corrected chi connectivity index (χ3v) is 2.75. The van der Waals surface area contributed by atoms with Crippen molar-refractivity contribution in [3.63, 3.8) is 0 Å². The van der Waals surface area contributed by atoms with Crippen molar-refractivity contribution < 1.29 is 35.8 Å². The summed E-state index contributed by atoms with van der Waals surface area (Å²) in [6.45, 7) is 3.41. The molecule has 1 rings (SSSR count). The van der Waals surface area contributed by atoms with Crippen molar-refractivity contribution in [1.29, 1.82) is 0 Å². The summed E-state index contributed by atoms with van der Waals surface area (Å²) in [5.41, 5.74) is -0.0726. The molecule has 1 aromatic carbocycles. The average molecular weight is 331 g/mol. The topological polar surface area (TPSA) is 30.5 Å². The number of hydrogen-bond donors (Lipinski definition) is 1. The van der Waals surface area contributed by atoms with Crippen LogP contribution in [0, 0.1) is 5.92 Å². The summed E-state index contributed by atoms with van der Waals surface area (Å²) in [5, 5.41) is 2.75. The lowest BCUT2D eigenvalue weighted by atomic mass is 9.95. The predicted molar refractivity (Wildman–Crippen MR) is 66.4 cm³/mol. The summed E-state index contributed by atoms with van der Waals surface area (Å²) < 4.78 is 81.5. The molecule has 0 saturated carbocycles. The van der Waals surface area contributed by atoms with Gasteiger partial charge in [-0.05, 0) is 31.2 Å². The number of alkyl halides is 6. The normalized spacial score (nSPS) is 14.1. The molecule has 0 saturated heterocycles. The van der Waals surface area contributed by atoms with Crippen LogP contribution in [0.15, 0.2) is 18.2 Å². The van der Waals surface area contributed by atoms with Gasteiger partial charge in [-0.1, -0.05) is 13.8 Å². The Morgan fingerprint density at radius 3 is 1.91 bits per heavy atom. The van der Waals surface area contributed by atoms with E-state index >= 15 is 0 Å². The van der Waals surface area contributed by atoms with Crippen molar-refractivity contribution in [3.8, 4) is 11.5 Å². The van der Waals surface area contributed by atoms with Gasteiger partial charge >= 0.3 is 12.7 Å². The molecule has 1 aromatic rings. The van der Waals surface area contributed by atoms with E-state index < -0.39 is 30.3 Å². The highest BCUT2D eigenvalue weighted by Crippen LogP contribution is 2.37. The van der Waals surface area contributed by atoms with E-state index in [0.29, 0.717) is 0 Å². The Labute approximate surface area is 123 Å². The number of halogens is 6. The Morgan fingerprint density at radius 1 is 0.955 bits per heavy atom. The molecule has 1 atom stereocenters. The van der Waals surface area contributed by atoms with Gasteiger partial charge in [0.15, 0.2) is 0 Å². The Morgan fingerprint density at radius 2 is 1.50 bits per heavy atom. The van der Waals surface area contributed by atoms with Gasteiger partial charge in [-0.3, -0.25) is 0 Å². The third-order valence-electron chi connectivity index (χ3n) is 2.75. The van der Waals surface area contributed by atoms with Gasteiger partial charge < -0.3 is 14.8 Å². The maximum absolute atomic E-state index is 12.4. The first-order valence-corrected chi connectivity index (χ1v) is 6.25. The molecule has 1 N–H and O–H groups in total. The van der Waals surface area contributed by atoms with Crippen molar-refractivity contribution in [2.24, 2.45) is 5.92 Å². The monoisotopic (exact) mass is 331 g/mol. The fourth-order valence-corrected chi connectivity index (χ4v) is 2.03. The predicted octanol–water partition coefficient (Wildman–Crippen LogP) is 4.40. The van der Waals surface area contributed by atoms with Crippen LogP contribution in [0.2, 0.25) is 0 Å². The van der Waals surface area contributed by atoms with Crippen LogP contribution in [0.5, 0.6) is 11.5 Å². The van der Waals surface area contributed by atoms with Gasteiger partial charge in [-0.15, -0.1) is 26.3 Å². The lowest BCUT2D eigenvalue weighted by Gasteiger charge is -2.24. The summed E-state index contributed by atoms with van der Waals surface area (Å²) in [7, 11) is 1.49. The maximum atomic E-state index is 12.4. The Kier molecular flexibility index (Phi) is 5.55. The molecule has 0 aliphatic carbocycles. The third kappa shape index (κ3) is 5.63. The van der Waals surface area contributed by atoms with Gasteiger partial charge in [0.05, 0.1) is 0 Å². The highest BCUT2D eigenvalue weighted by atomic mass is 19.4.